The van der Waals surface area contributed by atoms with Crippen molar-refractivity contribution in [3.63, 3.8) is 0 Å². The van der Waals surface area contributed by atoms with Gasteiger partial charge in [0, 0.05) is 12.2 Å². The first-order valence-corrected chi connectivity index (χ1v) is 5.19. The molecular formula is C12H15NO4. The van der Waals surface area contributed by atoms with Crippen molar-refractivity contribution in [1.29, 1.82) is 0 Å². The van der Waals surface area contributed by atoms with Gasteiger partial charge in [0.2, 0.25) is 0 Å². The monoisotopic (exact) mass is 237 g/mol. The summed E-state index contributed by atoms with van der Waals surface area (Å²) in [4.78, 5) is 21.6. The molecule has 0 saturated carbocycles. The quantitative estimate of drug-likeness (QED) is 0.762. The van der Waals surface area contributed by atoms with Crippen LogP contribution < -0.4 is 5.32 Å². The van der Waals surface area contributed by atoms with E-state index in [1.54, 1.807) is 18.2 Å². The maximum atomic E-state index is 11.3. The largest absolute Gasteiger partial charge is 0.481 e. The number of esters is 1. The lowest BCUT2D eigenvalue weighted by Crippen LogP contribution is -2.09. The zero-order valence-electron chi connectivity index (χ0n) is 9.82. The lowest BCUT2D eigenvalue weighted by atomic mass is 10.1. The van der Waals surface area contributed by atoms with Gasteiger partial charge in [0.1, 0.15) is 0 Å². The molecule has 0 amide bonds. The molecule has 0 unspecified atom stereocenters. The minimum atomic E-state index is -0.846. The predicted molar refractivity (Wildman–Crippen MR) is 63.3 cm³/mol. The van der Waals surface area contributed by atoms with Crippen molar-refractivity contribution in [2.45, 2.75) is 13.3 Å². The number of methoxy groups -OCH3 is 1. The van der Waals surface area contributed by atoms with Crippen LogP contribution in [0.4, 0.5) is 5.69 Å². The maximum absolute atomic E-state index is 11.3. The zero-order chi connectivity index (χ0) is 12.8. The van der Waals surface area contributed by atoms with Gasteiger partial charge in [-0.05, 0) is 30.7 Å². The van der Waals surface area contributed by atoms with Gasteiger partial charge in [-0.2, -0.15) is 0 Å². The molecule has 0 fully saturated rings. The van der Waals surface area contributed by atoms with Crippen LogP contribution in [0, 0.1) is 6.92 Å². The molecule has 92 valence electrons. The average molecular weight is 237 g/mol. The highest BCUT2D eigenvalue weighted by Gasteiger charge is 2.07. The van der Waals surface area contributed by atoms with Crippen LogP contribution in [0.25, 0.3) is 0 Å². The Morgan fingerprint density at radius 1 is 1.41 bits per heavy atom. The summed E-state index contributed by atoms with van der Waals surface area (Å²) in [5.74, 6) is -1.23. The van der Waals surface area contributed by atoms with Crippen LogP contribution >= 0.6 is 0 Å². The van der Waals surface area contributed by atoms with Gasteiger partial charge in [-0.3, -0.25) is 4.79 Å². The van der Waals surface area contributed by atoms with Gasteiger partial charge < -0.3 is 15.2 Å². The third-order valence-electron chi connectivity index (χ3n) is 2.30. The summed E-state index contributed by atoms with van der Waals surface area (Å²) in [5.41, 5.74) is 2.17. The fourth-order valence-electron chi connectivity index (χ4n) is 1.41. The third kappa shape index (κ3) is 3.79. The van der Waals surface area contributed by atoms with E-state index in [1.165, 1.54) is 7.11 Å². The van der Waals surface area contributed by atoms with E-state index in [4.69, 9.17) is 5.11 Å². The van der Waals surface area contributed by atoms with E-state index in [-0.39, 0.29) is 12.4 Å². The Balaban J connectivity index is 2.69. The minimum absolute atomic E-state index is 0.0538. The standard InChI is InChI=1S/C12H15NO4/c1-8-7-9(12(16)17-2)3-4-10(8)13-6-5-11(14)15/h3-4,7,13H,5-6H2,1-2H3,(H,14,15). The molecule has 1 rings (SSSR count). The highest BCUT2D eigenvalue weighted by Crippen LogP contribution is 2.16. The smallest absolute Gasteiger partial charge is 0.337 e. The molecule has 1 aromatic rings. The van der Waals surface area contributed by atoms with Gasteiger partial charge in [0.25, 0.3) is 0 Å². The molecule has 0 aliphatic carbocycles. The molecule has 17 heavy (non-hydrogen) atoms. The molecule has 0 heterocycles. The van der Waals surface area contributed by atoms with Gasteiger partial charge in [0.05, 0.1) is 19.1 Å². The average Bonchev–Trinajstić information content (AvgIpc) is 2.29. The van der Waals surface area contributed by atoms with E-state index in [0.29, 0.717) is 12.1 Å². The molecule has 0 aromatic heterocycles. The van der Waals surface area contributed by atoms with E-state index in [1.807, 2.05) is 6.92 Å². The first-order chi connectivity index (χ1) is 8.04. The number of hydrogen-bond acceptors (Lipinski definition) is 4. The molecule has 0 spiro atoms. The number of carboxylic acids is 1. The van der Waals surface area contributed by atoms with E-state index >= 15 is 0 Å². The Morgan fingerprint density at radius 3 is 2.65 bits per heavy atom. The summed E-state index contributed by atoms with van der Waals surface area (Å²) in [5, 5.41) is 11.5. The van der Waals surface area contributed by atoms with Crippen molar-refractivity contribution < 1.29 is 19.4 Å². The Labute approximate surface area is 99.4 Å². The number of carbonyl (C=O) groups excluding carboxylic acids is 1. The summed E-state index contributed by atoms with van der Waals surface area (Å²) in [7, 11) is 1.33. The number of carbonyl (C=O) groups is 2. The van der Waals surface area contributed by atoms with Crippen LogP contribution in [-0.2, 0) is 9.53 Å². The van der Waals surface area contributed by atoms with Crippen LogP contribution in [0.5, 0.6) is 0 Å². The third-order valence-corrected chi connectivity index (χ3v) is 2.30. The van der Waals surface area contributed by atoms with E-state index in [2.05, 4.69) is 10.1 Å². The predicted octanol–water partition coefficient (Wildman–Crippen LogP) is 1.67. The van der Waals surface area contributed by atoms with Crippen molar-refractivity contribution in [3.8, 4) is 0 Å². The Hall–Kier alpha value is -2.04. The summed E-state index contributed by atoms with van der Waals surface area (Å²) in [6, 6.07) is 5.08. The fourth-order valence-corrected chi connectivity index (χ4v) is 1.41. The molecule has 0 atom stereocenters. The lowest BCUT2D eigenvalue weighted by Gasteiger charge is -2.09. The molecule has 1 aromatic carbocycles. The first-order valence-electron chi connectivity index (χ1n) is 5.19. The van der Waals surface area contributed by atoms with E-state index < -0.39 is 5.97 Å². The van der Waals surface area contributed by atoms with Gasteiger partial charge in [-0.15, -0.1) is 0 Å². The highest BCUT2D eigenvalue weighted by atomic mass is 16.5. The van der Waals surface area contributed by atoms with Crippen molar-refractivity contribution in [2.75, 3.05) is 19.0 Å². The number of hydrogen-bond donors (Lipinski definition) is 2. The summed E-state index contributed by atoms with van der Waals surface area (Å²) in [6.45, 7) is 2.20. The molecule has 5 heteroatoms. The van der Waals surface area contributed by atoms with Crippen LogP contribution in [0.3, 0.4) is 0 Å². The molecule has 0 radical (unpaired) electrons. The van der Waals surface area contributed by atoms with Gasteiger partial charge in [-0.25, -0.2) is 4.79 Å². The second kappa shape index (κ2) is 5.89. The first kappa shape index (κ1) is 13.0. The minimum Gasteiger partial charge on any atom is -0.481 e. The molecule has 0 aliphatic rings. The molecule has 0 saturated heterocycles. The molecule has 2 N–H and O–H groups in total. The summed E-state index contributed by atoms with van der Waals surface area (Å²) < 4.78 is 4.61. The highest BCUT2D eigenvalue weighted by molar-refractivity contribution is 5.90. The second-order valence-corrected chi connectivity index (χ2v) is 3.59. The normalized spacial score (nSPS) is 9.76. The number of nitrogens with one attached hydrogen (secondary N) is 1. The summed E-state index contributed by atoms with van der Waals surface area (Å²) >= 11 is 0. The van der Waals surface area contributed by atoms with Crippen LogP contribution in [0.1, 0.15) is 22.3 Å². The number of anilines is 1. The van der Waals surface area contributed by atoms with Crippen LogP contribution in [0.15, 0.2) is 18.2 Å². The number of aryl methyl sites for hydroxylation is 1. The van der Waals surface area contributed by atoms with Gasteiger partial charge >= 0.3 is 11.9 Å². The lowest BCUT2D eigenvalue weighted by molar-refractivity contribution is -0.136. The van der Waals surface area contributed by atoms with Gasteiger partial charge in [0.15, 0.2) is 0 Å². The topological polar surface area (TPSA) is 75.6 Å². The number of ether oxygens (including phenoxy) is 1. The number of aliphatic carboxylic acids is 1. The number of rotatable bonds is 5. The SMILES string of the molecule is COC(=O)c1ccc(NCCC(=O)O)c(C)c1. The molecule has 5 nitrogen and oxygen atoms in total. The summed E-state index contributed by atoms with van der Waals surface area (Å²) in [6.07, 6.45) is 0.0538. The second-order valence-electron chi connectivity index (χ2n) is 3.59. The van der Waals surface area contributed by atoms with Crippen LogP contribution in [-0.4, -0.2) is 30.7 Å². The molecule has 0 bridgehead atoms. The van der Waals surface area contributed by atoms with Crippen LogP contribution in [0.2, 0.25) is 0 Å². The Morgan fingerprint density at radius 2 is 2.12 bits per heavy atom. The van der Waals surface area contributed by atoms with E-state index in [0.717, 1.165) is 11.3 Å². The van der Waals surface area contributed by atoms with E-state index in [9.17, 15) is 9.59 Å². The Bertz CT molecular complexity index is 429. The molecule has 0 aliphatic heterocycles. The van der Waals surface area contributed by atoms with Crippen molar-refractivity contribution in [2.24, 2.45) is 0 Å². The fraction of sp³-hybridized carbons (Fsp3) is 0.333. The van der Waals surface area contributed by atoms with Crippen molar-refractivity contribution in [1.82, 2.24) is 0 Å². The molecular weight excluding hydrogens is 222 g/mol. The van der Waals surface area contributed by atoms with Crippen molar-refractivity contribution in [3.05, 3.63) is 29.3 Å². The number of carboxylic acid groups (broad SMARTS) is 1. The number of benzene rings is 1. The maximum Gasteiger partial charge on any atom is 0.337 e. The van der Waals surface area contributed by atoms with Crippen molar-refractivity contribution >= 4 is 17.6 Å². The zero-order valence-corrected chi connectivity index (χ0v) is 9.82. The Kier molecular flexibility index (Phi) is 4.51. The van der Waals surface area contributed by atoms with Gasteiger partial charge in [-0.1, -0.05) is 0 Å².